The summed E-state index contributed by atoms with van der Waals surface area (Å²) >= 11 is 1.28. The van der Waals surface area contributed by atoms with Crippen molar-refractivity contribution in [3.8, 4) is 16.5 Å². The van der Waals surface area contributed by atoms with E-state index < -0.39 is 23.4 Å². The molecule has 1 spiro atoms. The number of likely N-dealkylation sites (tertiary alicyclic amines) is 1. The molecule has 6 rings (SSSR count). The van der Waals surface area contributed by atoms with E-state index in [2.05, 4.69) is 9.72 Å². The van der Waals surface area contributed by atoms with Gasteiger partial charge in [-0.1, -0.05) is 18.2 Å². The minimum Gasteiger partial charge on any atom is -0.496 e. The second-order valence-electron chi connectivity index (χ2n) is 11.4. The predicted octanol–water partition coefficient (Wildman–Crippen LogP) is 3.97. The molecule has 238 valence electrons. The van der Waals surface area contributed by atoms with Crippen molar-refractivity contribution in [2.45, 2.75) is 44.8 Å². The van der Waals surface area contributed by atoms with E-state index >= 15 is 0 Å². The zero-order chi connectivity index (χ0) is 31.7. The second-order valence-corrected chi connectivity index (χ2v) is 12.4. The Bertz CT molecular complexity index is 1590. The molecule has 13 heteroatoms. The van der Waals surface area contributed by atoms with E-state index in [1.807, 2.05) is 31.2 Å². The number of thiophene rings is 1. The number of Topliss-reactive ketones (excluding diaryl/α,β-unsaturated/α-hetero) is 1. The van der Waals surface area contributed by atoms with E-state index in [9.17, 15) is 19.2 Å². The molecule has 3 aliphatic rings. The van der Waals surface area contributed by atoms with Gasteiger partial charge in [-0.25, -0.2) is 9.78 Å². The van der Waals surface area contributed by atoms with E-state index in [4.69, 9.17) is 18.6 Å². The molecular weight excluding hydrogens is 602 g/mol. The van der Waals surface area contributed by atoms with Crippen molar-refractivity contribution in [2.24, 2.45) is 5.41 Å². The number of rotatable bonds is 7. The van der Waals surface area contributed by atoms with Crippen molar-refractivity contribution >= 4 is 39.9 Å². The molecule has 3 aliphatic heterocycles. The van der Waals surface area contributed by atoms with Crippen LogP contribution in [0.4, 0.5) is 5.00 Å². The lowest BCUT2D eigenvalue weighted by molar-refractivity contribution is -0.159. The van der Waals surface area contributed by atoms with Crippen LogP contribution in [0.1, 0.15) is 53.3 Å². The first-order chi connectivity index (χ1) is 21.8. The number of methoxy groups -OCH3 is 2. The molecule has 1 atom stereocenters. The third kappa shape index (κ3) is 5.53. The van der Waals surface area contributed by atoms with Gasteiger partial charge in [-0.05, 0) is 44.2 Å². The van der Waals surface area contributed by atoms with Crippen LogP contribution in [-0.2, 0) is 28.6 Å². The predicted molar refractivity (Wildman–Crippen MR) is 162 cm³/mol. The van der Waals surface area contributed by atoms with Gasteiger partial charge >= 0.3 is 11.9 Å². The van der Waals surface area contributed by atoms with Gasteiger partial charge in [0.25, 0.3) is 0 Å². The number of fused-ring (bicyclic) bond motifs is 1. The minimum absolute atomic E-state index is 0.0544. The summed E-state index contributed by atoms with van der Waals surface area (Å²) in [5.74, 6) is -1.44. The third-order valence-electron chi connectivity index (χ3n) is 8.94. The van der Waals surface area contributed by atoms with Crippen LogP contribution in [0.25, 0.3) is 10.8 Å². The van der Waals surface area contributed by atoms with Crippen LogP contribution in [0.5, 0.6) is 5.75 Å². The number of benzene rings is 1. The second kappa shape index (κ2) is 12.7. The summed E-state index contributed by atoms with van der Waals surface area (Å²) < 4.78 is 28.2. The number of anilines is 1. The molecule has 0 radical (unpaired) electrons. The fourth-order valence-corrected chi connectivity index (χ4v) is 7.71. The maximum atomic E-state index is 14.7. The minimum atomic E-state index is -1.43. The number of amides is 2. The number of para-hydroxylation sites is 1. The van der Waals surface area contributed by atoms with Gasteiger partial charge in [-0.2, -0.15) is 0 Å². The highest BCUT2D eigenvalue weighted by Gasteiger charge is 2.56. The van der Waals surface area contributed by atoms with Crippen molar-refractivity contribution in [1.82, 2.24) is 9.88 Å². The Morgan fingerprint density at radius 3 is 2.53 bits per heavy atom. The summed E-state index contributed by atoms with van der Waals surface area (Å²) in [6.45, 7) is 3.23. The van der Waals surface area contributed by atoms with Gasteiger partial charge in [0.05, 0.1) is 43.5 Å². The highest BCUT2D eigenvalue weighted by Crippen LogP contribution is 2.52. The molecular formula is C32H35N3O9S. The molecule has 3 aromatic rings. The molecule has 0 bridgehead atoms. The smallest absolute Gasteiger partial charge is 0.396 e. The van der Waals surface area contributed by atoms with Gasteiger partial charge in [0, 0.05) is 31.9 Å². The number of carbonyl (C=O) groups excluding carboxylic acids is 4. The highest BCUT2D eigenvalue weighted by atomic mass is 32.1. The molecule has 1 aromatic carbocycles. The third-order valence-corrected chi connectivity index (χ3v) is 10.2. The monoisotopic (exact) mass is 637 g/mol. The average molecular weight is 638 g/mol. The number of ether oxygens (including phenoxy) is 4. The fourth-order valence-electron chi connectivity index (χ4n) is 6.45. The number of nitrogens with zero attached hydrogens (tertiary/aromatic N) is 3. The Labute approximate surface area is 264 Å². The molecule has 2 aromatic heterocycles. The van der Waals surface area contributed by atoms with E-state index in [-0.39, 0.29) is 50.3 Å². The lowest BCUT2D eigenvalue weighted by Gasteiger charge is -2.45. The molecule has 0 unspecified atom stereocenters. The summed E-state index contributed by atoms with van der Waals surface area (Å²) in [4.78, 5) is 61.7. The number of hydrogen-bond donors (Lipinski definition) is 0. The van der Waals surface area contributed by atoms with E-state index in [1.54, 1.807) is 12.0 Å². The summed E-state index contributed by atoms with van der Waals surface area (Å²) in [5.41, 5.74) is 0.465. The summed E-state index contributed by atoms with van der Waals surface area (Å²) in [6, 6.07) is 7.55. The van der Waals surface area contributed by atoms with Crippen LogP contribution in [0.2, 0.25) is 0 Å². The molecule has 0 N–H and O–H groups in total. The molecule has 2 saturated heterocycles. The lowest BCUT2D eigenvalue weighted by atomic mass is 9.69. The molecule has 2 amide bonds. The zero-order valence-corrected chi connectivity index (χ0v) is 26.2. The van der Waals surface area contributed by atoms with Crippen LogP contribution in [0.3, 0.4) is 0 Å². The van der Waals surface area contributed by atoms with Gasteiger partial charge in [-0.3, -0.25) is 19.3 Å². The van der Waals surface area contributed by atoms with Crippen molar-refractivity contribution < 1.29 is 42.5 Å². The molecule has 0 saturated carbocycles. The number of hydrogen-bond acceptors (Lipinski definition) is 11. The first-order valence-electron chi connectivity index (χ1n) is 14.9. The van der Waals surface area contributed by atoms with Crippen molar-refractivity contribution in [3.63, 3.8) is 0 Å². The Balaban J connectivity index is 1.42. The number of piperidine rings is 1. The van der Waals surface area contributed by atoms with Crippen LogP contribution < -0.4 is 9.64 Å². The largest absolute Gasteiger partial charge is 0.496 e. The molecule has 2 fully saturated rings. The topological polar surface area (TPSA) is 138 Å². The average Bonchev–Trinajstić information content (AvgIpc) is 3.73. The maximum absolute atomic E-state index is 14.7. The van der Waals surface area contributed by atoms with Crippen LogP contribution in [-0.4, -0.2) is 86.6 Å². The number of ketones is 1. The number of oxazole rings is 1. The van der Waals surface area contributed by atoms with E-state index in [1.165, 1.54) is 28.7 Å². The quantitative estimate of drug-likeness (QED) is 0.213. The van der Waals surface area contributed by atoms with Gasteiger partial charge in [0.2, 0.25) is 11.8 Å². The first-order valence-corrected chi connectivity index (χ1v) is 15.7. The number of aromatic nitrogens is 1. The van der Waals surface area contributed by atoms with Crippen molar-refractivity contribution in [1.29, 1.82) is 0 Å². The standard InChI is InChI=1S/C32H35N3O9S/c1-19-24-26(36)32(10-13-34(14-11-32)28(37)30(38)41-3)31(39)35(29(24)45-25(19)27-33-12-17-43-27)18-23(44-20-8-15-42-16-9-20)21-6-4-5-7-22(21)40-2/h4-7,12,17,20,23H,8-11,13-16,18H2,1-3H3/t23-/m0/s1. The van der Waals surface area contributed by atoms with Gasteiger partial charge in [-0.15, -0.1) is 11.3 Å². The molecule has 12 nitrogen and oxygen atoms in total. The van der Waals surface area contributed by atoms with Gasteiger partial charge in [0.1, 0.15) is 28.5 Å². The van der Waals surface area contributed by atoms with E-state index in [0.29, 0.717) is 58.7 Å². The summed E-state index contributed by atoms with van der Waals surface area (Å²) in [7, 11) is 2.74. The first kappa shape index (κ1) is 30.9. The Morgan fingerprint density at radius 2 is 1.87 bits per heavy atom. The number of carbonyl (C=O) groups is 4. The Morgan fingerprint density at radius 1 is 1.13 bits per heavy atom. The summed E-state index contributed by atoms with van der Waals surface area (Å²) in [5, 5.41) is 0.505. The maximum Gasteiger partial charge on any atom is 0.396 e. The lowest BCUT2D eigenvalue weighted by Crippen LogP contribution is -2.59. The van der Waals surface area contributed by atoms with E-state index in [0.717, 1.165) is 12.7 Å². The van der Waals surface area contributed by atoms with Crippen molar-refractivity contribution in [3.05, 3.63) is 53.4 Å². The van der Waals surface area contributed by atoms with Gasteiger partial charge < -0.3 is 28.3 Å². The van der Waals surface area contributed by atoms with Crippen LogP contribution in [0, 0.1) is 12.3 Å². The van der Waals surface area contributed by atoms with Crippen LogP contribution in [0.15, 0.2) is 41.1 Å². The fraction of sp³-hybridized carbons (Fsp3) is 0.469. The Kier molecular flexibility index (Phi) is 8.76. The highest BCUT2D eigenvalue weighted by molar-refractivity contribution is 7.20. The number of esters is 1. The van der Waals surface area contributed by atoms with Crippen molar-refractivity contribution in [2.75, 3.05) is 52.0 Å². The molecule has 0 aliphatic carbocycles. The summed E-state index contributed by atoms with van der Waals surface area (Å²) in [6.07, 6.45) is 3.87. The molecule has 45 heavy (non-hydrogen) atoms. The molecule has 5 heterocycles. The Hall–Kier alpha value is -4.07. The SMILES string of the molecule is COC(=O)C(=O)N1CCC2(CC1)C(=O)c1c(sc(-c3ncco3)c1C)N(C[C@H](OC1CCOCC1)c1ccccc1OC)C2=O. The van der Waals surface area contributed by atoms with Gasteiger partial charge in [0.15, 0.2) is 5.78 Å². The normalized spacial score (nSPS) is 19.0. The zero-order valence-electron chi connectivity index (χ0n) is 25.4. The van der Waals surface area contributed by atoms with Crippen LogP contribution >= 0.6 is 11.3 Å².